The highest BCUT2D eigenvalue weighted by Gasteiger charge is 2.17. The highest BCUT2D eigenvalue weighted by atomic mass is 16.4. The number of benzene rings is 2. The van der Waals surface area contributed by atoms with Gasteiger partial charge in [-0.3, -0.25) is 0 Å². The topological polar surface area (TPSA) is 50.4 Å². The van der Waals surface area contributed by atoms with E-state index in [1.165, 1.54) is 0 Å². The molecule has 0 unspecified atom stereocenters. The average Bonchev–Trinajstić information content (AvgIpc) is 2.48. The van der Waals surface area contributed by atoms with Crippen molar-refractivity contribution >= 4 is 11.0 Å². The smallest absolute Gasteiger partial charge is 0.347 e. The number of rotatable bonds is 2. The summed E-state index contributed by atoms with van der Waals surface area (Å²) >= 11 is 0. The molecule has 0 bridgehead atoms. The van der Waals surface area contributed by atoms with E-state index in [0.29, 0.717) is 11.0 Å². The summed E-state index contributed by atoms with van der Waals surface area (Å²) in [6.45, 7) is 2.01. The first kappa shape index (κ1) is 12.5. The van der Waals surface area contributed by atoms with Crippen LogP contribution in [0.5, 0.6) is 5.75 Å². The minimum absolute atomic E-state index is 0.0160. The largest absolute Gasteiger partial charge is 0.506 e. The van der Waals surface area contributed by atoms with E-state index < -0.39 is 5.63 Å². The van der Waals surface area contributed by atoms with Crippen molar-refractivity contribution in [1.29, 1.82) is 0 Å². The van der Waals surface area contributed by atoms with Crippen LogP contribution in [0.3, 0.4) is 0 Å². The minimum Gasteiger partial charge on any atom is -0.506 e. The predicted octanol–water partition coefficient (Wildman–Crippen LogP) is 3.73. The summed E-state index contributed by atoms with van der Waals surface area (Å²) in [6, 6.07) is 14.5. The first-order valence-electron chi connectivity index (χ1n) is 6.55. The van der Waals surface area contributed by atoms with Gasteiger partial charge in [0.05, 0.1) is 5.39 Å². The van der Waals surface area contributed by atoms with Crippen LogP contribution < -0.4 is 5.63 Å². The lowest BCUT2D eigenvalue weighted by atomic mass is 9.98. The molecule has 3 heteroatoms. The summed E-state index contributed by atoms with van der Waals surface area (Å²) in [6.07, 6.45) is 0.780. The number of aryl methyl sites for hydroxylation is 1. The molecule has 3 aromatic rings. The molecule has 100 valence electrons. The van der Waals surface area contributed by atoms with E-state index in [0.717, 1.165) is 17.5 Å². The van der Waals surface area contributed by atoms with Crippen molar-refractivity contribution in [2.45, 2.75) is 13.3 Å². The van der Waals surface area contributed by atoms with E-state index in [1.807, 2.05) is 31.2 Å². The third-order valence-electron chi connectivity index (χ3n) is 3.45. The van der Waals surface area contributed by atoms with Crippen molar-refractivity contribution in [2.24, 2.45) is 0 Å². The Morgan fingerprint density at radius 2 is 1.75 bits per heavy atom. The van der Waals surface area contributed by atoms with Gasteiger partial charge in [-0.2, -0.15) is 0 Å². The zero-order valence-electron chi connectivity index (χ0n) is 11.1. The summed E-state index contributed by atoms with van der Waals surface area (Å²) in [5.74, 6) is -0.0160. The zero-order chi connectivity index (χ0) is 14.1. The molecule has 1 N–H and O–H groups in total. The van der Waals surface area contributed by atoms with Crippen molar-refractivity contribution in [3.8, 4) is 16.9 Å². The Morgan fingerprint density at radius 3 is 2.55 bits per heavy atom. The first-order chi connectivity index (χ1) is 9.72. The molecule has 3 rings (SSSR count). The fraction of sp³-hybridized carbons (Fsp3) is 0.118. The molecule has 1 aromatic heterocycles. The Hall–Kier alpha value is -2.55. The van der Waals surface area contributed by atoms with Crippen molar-refractivity contribution in [1.82, 2.24) is 0 Å². The predicted molar refractivity (Wildman–Crippen MR) is 79.0 cm³/mol. The molecule has 0 aliphatic heterocycles. The Labute approximate surface area is 116 Å². The van der Waals surface area contributed by atoms with Crippen LogP contribution in [0.2, 0.25) is 0 Å². The van der Waals surface area contributed by atoms with Crippen LogP contribution in [0.25, 0.3) is 22.1 Å². The lowest BCUT2D eigenvalue weighted by Gasteiger charge is -2.09. The highest BCUT2D eigenvalue weighted by molar-refractivity contribution is 5.90. The molecule has 20 heavy (non-hydrogen) atoms. The van der Waals surface area contributed by atoms with E-state index in [1.54, 1.807) is 24.3 Å². The zero-order valence-corrected chi connectivity index (χ0v) is 11.1. The molecule has 0 spiro atoms. The van der Waals surface area contributed by atoms with Crippen LogP contribution >= 0.6 is 0 Å². The van der Waals surface area contributed by atoms with Gasteiger partial charge in [-0.15, -0.1) is 0 Å². The Morgan fingerprint density at radius 1 is 1.05 bits per heavy atom. The van der Waals surface area contributed by atoms with Crippen LogP contribution in [0.4, 0.5) is 0 Å². The maximum atomic E-state index is 12.2. The number of para-hydroxylation sites is 1. The number of hydrogen-bond acceptors (Lipinski definition) is 3. The van der Waals surface area contributed by atoms with E-state index in [9.17, 15) is 9.90 Å². The fourth-order valence-electron chi connectivity index (χ4n) is 2.44. The second-order valence-electron chi connectivity index (χ2n) is 4.62. The van der Waals surface area contributed by atoms with Gasteiger partial charge in [0, 0.05) is 0 Å². The molecule has 0 saturated heterocycles. The molecular formula is C17H14O3. The SMILES string of the molecule is CCc1ccccc1-c1c(O)c2ccccc2oc1=O. The molecule has 0 saturated carbocycles. The normalized spacial score (nSPS) is 10.8. The lowest BCUT2D eigenvalue weighted by molar-refractivity contribution is 0.471. The molecule has 0 radical (unpaired) electrons. The Balaban J connectivity index is 2.40. The van der Waals surface area contributed by atoms with Gasteiger partial charge in [-0.05, 0) is 29.7 Å². The summed E-state index contributed by atoms with van der Waals surface area (Å²) in [5, 5.41) is 11.0. The maximum absolute atomic E-state index is 12.2. The summed E-state index contributed by atoms with van der Waals surface area (Å²) in [4.78, 5) is 12.2. The van der Waals surface area contributed by atoms with Crippen LogP contribution in [0.15, 0.2) is 57.7 Å². The number of fused-ring (bicyclic) bond motifs is 1. The lowest BCUT2D eigenvalue weighted by Crippen LogP contribution is -2.05. The Kier molecular flexibility index (Phi) is 3.03. The maximum Gasteiger partial charge on any atom is 0.347 e. The van der Waals surface area contributed by atoms with Crippen molar-refractivity contribution in [3.05, 3.63) is 64.5 Å². The quantitative estimate of drug-likeness (QED) is 0.719. The van der Waals surface area contributed by atoms with Crippen LogP contribution in [-0.4, -0.2) is 5.11 Å². The number of hydrogen-bond donors (Lipinski definition) is 1. The van der Waals surface area contributed by atoms with Crippen LogP contribution in [0, 0.1) is 0 Å². The van der Waals surface area contributed by atoms with E-state index in [4.69, 9.17) is 4.42 Å². The van der Waals surface area contributed by atoms with Gasteiger partial charge in [0.2, 0.25) is 0 Å². The van der Waals surface area contributed by atoms with Crippen molar-refractivity contribution in [2.75, 3.05) is 0 Å². The second kappa shape index (κ2) is 4.85. The molecule has 0 atom stereocenters. The van der Waals surface area contributed by atoms with E-state index in [-0.39, 0.29) is 11.3 Å². The summed E-state index contributed by atoms with van der Waals surface area (Å²) in [7, 11) is 0. The van der Waals surface area contributed by atoms with Crippen LogP contribution in [-0.2, 0) is 6.42 Å². The van der Waals surface area contributed by atoms with Gasteiger partial charge in [-0.1, -0.05) is 43.3 Å². The molecule has 0 aliphatic rings. The second-order valence-corrected chi connectivity index (χ2v) is 4.62. The average molecular weight is 266 g/mol. The third-order valence-corrected chi connectivity index (χ3v) is 3.45. The standard InChI is InChI=1S/C17H14O3/c1-2-11-7-3-4-8-12(11)15-16(18)13-9-5-6-10-14(13)20-17(15)19/h3-10,18H,2H2,1H3. The fourth-order valence-corrected chi connectivity index (χ4v) is 2.44. The van der Waals surface area contributed by atoms with Crippen LogP contribution in [0.1, 0.15) is 12.5 Å². The molecular weight excluding hydrogens is 252 g/mol. The molecule has 3 nitrogen and oxygen atoms in total. The molecule has 0 aliphatic carbocycles. The third kappa shape index (κ3) is 1.88. The van der Waals surface area contributed by atoms with Gasteiger partial charge in [0.25, 0.3) is 0 Å². The first-order valence-corrected chi connectivity index (χ1v) is 6.55. The monoisotopic (exact) mass is 266 g/mol. The minimum atomic E-state index is -0.512. The van der Waals surface area contributed by atoms with E-state index >= 15 is 0 Å². The molecule has 0 amide bonds. The summed E-state index contributed by atoms with van der Waals surface area (Å²) in [5.41, 5.74) is 1.85. The highest BCUT2D eigenvalue weighted by Crippen LogP contribution is 2.34. The van der Waals surface area contributed by atoms with Gasteiger partial charge < -0.3 is 9.52 Å². The Bertz CT molecular complexity index is 831. The van der Waals surface area contributed by atoms with Gasteiger partial charge in [-0.25, -0.2) is 4.79 Å². The molecule has 2 aromatic carbocycles. The van der Waals surface area contributed by atoms with Gasteiger partial charge in [0.15, 0.2) is 0 Å². The summed E-state index contributed by atoms with van der Waals surface area (Å²) < 4.78 is 5.31. The molecule has 0 fully saturated rings. The van der Waals surface area contributed by atoms with Crippen molar-refractivity contribution < 1.29 is 9.52 Å². The van der Waals surface area contributed by atoms with Crippen molar-refractivity contribution in [3.63, 3.8) is 0 Å². The molecule has 1 heterocycles. The number of aromatic hydroxyl groups is 1. The van der Waals surface area contributed by atoms with Gasteiger partial charge >= 0.3 is 5.63 Å². The van der Waals surface area contributed by atoms with Gasteiger partial charge in [0.1, 0.15) is 16.9 Å². The van der Waals surface area contributed by atoms with E-state index in [2.05, 4.69) is 0 Å².